The number of nitrogens with one attached hydrogen (secondary N) is 1. The van der Waals surface area contributed by atoms with Crippen LogP contribution in [0.4, 0.5) is 24.5 Å². The van der Waals surface area contributed by atoms with Crippen LogP contribution in [0.1, 0.15) is 24.1 Å². The minimum Gasteiger partial charge on any atom is -0.369 e. The lowest BCUT2D eigenvalue weighted by Crippen LogP contribution is -2.46. The Morgan fingerprint density at radius 3 is 2.34 bits per heavy atom. The highest BCUT2D eigenvalue weighted by Crippen LogP contribution is 2.31. The van der Waals surface area contributed by atoms with Crippen LogP contribution in [-0.2, 0) is 22.7 Å². The van der Waals surface area contributed by atoms with Crippen molar-refractivity contribution in [3.63, 3.8) is 0 Å². The summed E-state index contributed by atoms with van der Waals surface area (Å²) in [7, 11) is -3.30. The predicted molar refractivity (Wildman–Crippen MR) is 126 cm³/mol. The van der Waals surface area contributed by atoms with Crippen LogP contribution >= 0.6 is 0 Å². The Kier molecular flexibility index (Phi) is 6.18. The van der Waals surface area contributed by atoms with Gasteiger partial charge in [-0.15, -0.1) is 5.10 Å². The smallest absolute Gasteiger partial charge is 0.369 e. The van der Waals surface area contributed by atoms with Crippen LogP contribution in [-0.4, -0.2) is 59.7 Å². The van der Waals surface area contributed by atoms with E-state index in [0.29, 0.717) is 17.9 Å². The molecular formula is C23H25F3N6O2S. The third-order valence-electron chi connectivity index (χ3n) is 6.19. The van der Waals surface area contributed by atoms with Crippen molar-refractivity contribution in [3.8, 4) is 5.69 Å². The minimum atomic E-state index is -4.37. The van der Waals surface area contributed by atoms with Gasteiger partial charge in [0.1, 0.15) is 0 Å². The molecule has 8 nitrogen and oxygen atoms in total. The van der Waals surface area contributed by atoms with Crippen LogP contribution in [0.5, 0.6) is 0 Å². The molecule has 0 unspecified atom stereocenters. The van der Waals surface area contributed by atoms with Gasteiger partial charge < -0.3 is 4.90 Å². The maximum absolute atomic E-state index is 12.8. The molecule has 1 aliphatic carbocycles. The van der Waals surface area contributed by atoms with E-state index in [2.05, 4.69) is 24.8 Å². The molecule has 2 aromatic carbocycles. The lowest BCUT2D eigenvalue weighted by atomic mass is 10.2. The zero-order chi connectivity index (χ0) is 24.6. The van der Waals surface area contributed by atoms with Crippen LogP contribution in [0.3, 0.4) is 0 Å². The topological polar surface area (TPSA) is 83.4 Å². The second-order valence-electron chi connectivity index (χ2n) is 8.86. The van der Waals surface area contributed by atoms with Gasteiger partial charge in [0.15, 0.2) is 0 Å². The summed E-state index contributed by atoms with van der Waals surface area (Å²) in [4.78, 5) is 4.45. The summed E-state index contributed by atoms with van der Waals surface area (Å²) in [6.07, 6.45) is -1.21. The van der Waals surface area contributed by atoms with Gasteiger partial charge in [0.05, 0.1) is 34.1 Å². The average molecular weight is 507 g/mol. The molecular weight excluding hydrogens is 481 g/mol. The van der Waals surface area contributed by atoms with Crippen molar-refractivity contribution in [2.45, 2.75) is 30.8 Å². The van der Waals surface area contributed by atoms with Crippen molar-refractivity contribution in [1.29, 1.82) is 0 Å². The second-order valence-corrected chi connectivity index (χ2v) is 10.8. The first-order valence-corrected chi connectivity index (χ1v) is 12.9. The molecule has 0 spiro atoms. The zero-order valence-corrected chi connectivity index (χ0v) is 19.6. The molecule has 0 atom stereocenters. The van der Waals surface area contributed by atoms with Crippen LogP contribution in [0.2, 0.25) is 0 Å². The van der Waals surface area contributed by atoms with Gasteiger partial charge in [0.25, 0.3) is 0 Å². The maximum Gasteiger partial charge on any atom is 0.416 e. The van der Waals surface area contributed by atoms with Crippen molar-refractivity contribution in [1.82, 2.24) is 19.9 Å². The Hall–Kier alpha value is -3.12. The summed E-state index contributed by atoms with van der Waals surface area (Å²) in [5.74, 6) is 0. The quantitative estimate of drug-likeness (QED) is 0.528. The molecule has 2 heterocycles. The molecule has 0 radical (unpaired) electrons. The number of sulfonamides is 1. The highest BCUT2D eigenvalue weighted by atomic mass is 32.2. The third kappa shape index (κ3) is 5.59. The van der Waals surface area contributed by atoms with Crippen LogP contribution in [0.15, 0.2) is 54.7 Å². The number of anilines is 2. The fourth-order valence-electron chi connectivity index (χ4n) is 4.09. The molecule has 0 amide bonds. The van der Waals surface area contributed by atoms with E-state index in [1.807, 2.05) is 18.2 Å². The fourth-order valence-corrected chi connectivity index (χ4v) is 5.46. The van der Waals surface area contributed by atoms with E-state index in [0.717, 1.165) is 62.5 Å². The Morgan fingerprint density at radius 1 is 0.971 bits per heavy atom. The molecule has 1 saturated carbocycles. The van der Waals surface area contributed by atoms with Gasteiger partial charge in [-0.2, -0.15) is 13.2 Å². The highest BCUT2D eigenvalue weighted by molar-refractivity contribution is 7.93. The van der Waals surface area contributed by atoms with E-state index < -0.39 is 21.8 Å². The van der Waals surface area contributed by atoms with Crippen LogP contribution in [0, 0.1) is 0 Å². The molecule has 186 valence electrons. The average Bonchev–Trinajstić information content (AvgIpc) is 3.60. The second kappa shape index (κ2) is 9.15. The number of rotatable bonds is 7. The fraction of sp³-hybridized carbons (Fsp3) is 0.391. The van der Waals surface area contributed by atoms with Crippen molar-refractivity contribution in [2.75, 3.05) is 35.8 Å². The van der Waals surface area contributed by atoms with Gasteiger partial charge in [-0.05, 0) is 55.3 Å². The molecule has 1 N–H and O–H groups in total. The molecule has 0 bridgehead atoms. The molecule has 1 aromatic heterocycles. The van der Waals surface area contributed by atoms with Gasteiger partial charge >= 0.3 is 6.18 Å². The number of hydrogen-bond acceptors (Lipinski definition) is 6. The zero-order valence-electron chi connectivity index (χ0n) is 18.8. The molecule has 12 heteroatoms. The summed E-state index contributed by atoms with van der Waals surface area (Å²) >= 11 is 0. The lowest BCUT2D eigenvalue weighted by Gasteiger charge is -2.35. The van der Waals surface area contributed by atoms with Crippen molar-refractivity contribution in [2.24, 2.45) is 0 Å². The molecule has 1 aliphatic heterocycles. The van der Waals surface area contributed by atoms with Crippen molar-refractivity contribution in [3.05, 3.63) is 66.0 Å². The number of nitrogens with zero attached hydrogens (tertiary/aromatic N) is 5. The number of aromatic nitrogens is 3. The number of hydrogen-bond donors (Lipinski definition) is 1. The summed E-state index contributed by atoms with van der Waals surface area (Å²) in [5.41, 5.74) is 2.09. The third-order valence-corrected chi connectivity index (χ3v) is 8.06. The lowest BCUT2D eigenvalue weighted by molar-refractivity contribution is -0.137. The van der Waals surface area contributed by atoms with Crippen molar-refractivity contribution < 1.29 is 21.6 Å². The van der Waals surface area contributed by atoms with Gasteiger partial charge in [0.2, 0.25) is 10.0 Å². The molecule has 2 fully saturated rings. The monoisotopic (exact) mass is 506 g/mol. The summed E-state index contributed by atoms with van der Waals surface area (Å²) in [5, 5.41) is 7.95. The predicted octanol–water partition coefficient (Wildman–Crippen LogP) is 3.51. The van der Waals surface area contributed by atoms with E-state index in [1.165, 1.54) is 16.8 Å². The SMILES string of the molecule is O=S(=O)(Nc1cccc(N2CCN(Cc3cn(-c4ccc(C(F)(F)F)cc4)nn3)CC2)c1)C1CC1. The minimum absolute atomic E-state index is 0.271. The van der Waals surface area contributed by atoms with E-state index in [9.17, 15) is 21.6 Å². The Balaban J connectivity index is 1.16. The summed E-state index contributed by atoms with van der Waals surface area (Å²) in [6, 6.07) is 12.3. The molecule has 2 aliphatic rings. The van der Waals surface area contributed by atoms with E-state index >= 15 is 0 Å². The normalized spacial score (nSPS) is 17.5. The van der Waals surface area contributed by atoms with Crippen molar-refractivity contribution >= 4 is 21.4 Å². The first-order valence-electron chi connectivity index (χ1n) is 11.4. The Labute approximate surface area is 201 Å². The molecule has 5 rings (SSSR count). The van der Waals surface area contributed by atoms with E-state index in [-0.39, 0.29) is 5.25 Å². The standard InChI is InChI=1S/C23H25F3N6O2S/c24-23(25,26)17-4-6-20(7-5-17)32-16-19(27-29-32)15-30-10-12-31(13-11-30)21-3-1-2-18(14-21)28-35(33,34)22-8-9-22/h1-7,14,16,22,28H,8-13,15H2. The Morgan fingerprint density at radius 2 is 1.69 bits per heavy atom. The van der Waals surface area contributed by atoms with Crippen LogP contribution in [0.25, 0.3) is 5.69 Å². The summed E-state index contributed by atoms with van der Waals surface area (Å²) < 4.78 is 66.9. The van der Waals surface area contributed by atoms with Gasteiger partial charge in [-0.3, -0.25) is 9.62 Å². The van der Waals surface area contributed by atoms with Gasteiger partial charge in [-0.25, -0.2) is 13.1 Å². The Bertz CT molecular complexity index is 1280. The number of benzene rings is 2. The molecule has 1 saturated heterocycles. The maximum atomic E-state index is 12.8. The largest absolute Gasteiger partial charge is 0.416 e. The van der Waals surface area contributed by atoms with E-state index in [4.69, 9.17) is 0 Å². The highest BCUT2D eigenvalue weighted by Gasteiger charge is 2.35. The molecule has 3 aromatic rings. The number of alkyl halides is 3. The number of piperazine rings is 1. The summed E-state index contributed by atoms with van der Waals surface area (Å²) in [6.45, 7) is 3.68. The first kappa shape index (κ1) is 23.6. The molecule has 35 heavy (non-hydrogen) atoms. The van der Waals surface area contributed by atoms with Gasteiger partial charge in [0, 0.05) is 38.4 Å². The van der Waals surface area contributed by atoms with E-state index in [1.54, 1.807) is 12.3 Å². The number of halogens is 3. The van der Waals surface area contributed by atoms with Gasteiger partial charge in [-0.1, -0.05) is 11.3 Å². The van der Waals surface area contributed by atoms with Crippen LogP contribution < -0.4 is 9.62 Å². The first-order chi connectivity index (χ1) is 16.7.